The Morgan fingerprint density at radius 3 is 2.90 bits per heavy atom. The van der Waals surface area contributed by atoms with Gasteiger partial charge in [0, 0.05) is 33.7 Å². The van der Waals surface area contributed by atoms with Crippen LogP contribution in [0.25, 0.3) is 10.1 Å². The lowest BCUT2D eigenvalue weighted by atomic mass is 10.1. The molecule has 2 nitrogen and oxygen atoms in total. The summed E-state index contributed by atoms with van der Waals surface area (Å²) in [5.41, 5.74) is 1.01. The summed E-state index contributed by atoms with van der Waals surface area (Å²) in [5, 5.41) is 3.88. The van der Waals surface area contributed by atoms with Crippen molar-refractivity contribution < 1.29 is 9.13 Å². The first-order valence-corrected chi connectivity index (χ1v) is 8.00. The lowest BCUT2D eigenvalue weighted by molar-refractivity contribution is 0.117. The van der Waals surface area contributed by atoms with Crippen LogP contribution in [0.1, 0.15) is 36.6 Å². The number of rotatable bonds is 8. The number of unbranched alkanes of at least 4 members (excludes halogenated alkanes) is 2. The molecule has 0 amide bonds. The summed E-state index contributed by atoms with van der Waals surface area (Å²) in [5.74, 6) is -0.145. The number of hydrogen-bond donors (Lipinski definition) is 1. The van der Waals surface area contributed by atoms with Crippen LogP contribution in [0.5, 0.6) is 0 Å². The Balaban J connectivity index is 2.17. The highest BCUT2D eigenvalue weighted by Gasteiger charge is 2.15. The van der Waals surface area contributed by atoms with E-state index in [-0.39, 0.29) is 5.82 Å². The van der Waals surface area contributed by atoms with Crippen molar-refractivity contribution in [3.8, 4) is 0 Å². The first-order chi connectivity index (χ1) is 9.77. The summed E-state index contributed by atoms with van der Waals surface area (Å²) in [6.45, 7) is 4.18. The van der Waals surface area contributed by atoms with Crippen molar-refractivity contribution in [1.29, 1.82) is 0 Å². The average molecular weight is 295 g/mol. The maximum absolute atomic E-state index is 14.1. The fourth-order valence-electron chi connectivity index (χ4n) is 2.30. The minimum absolute atomic E-state index is 0.145. The first-order valence-electron chi connectivity index (χ1n) is 7.19. The van der Waals surface area contributed by atoms with E-state index in [2.05, 4.69) is 12.2 Å². The molecule has 0 saturated heterocycles. The predicted molar refractivity (Wildman–Crippen MR) is 83.7 cm³/mol. The van der Waals surface area contributed by atoms with Crippen LogP contribution in [0, 0.1) is 5.82 Å². The van der Waals surface area contributed by atoms with Crippen LogP contribution >= 0.6 is 11.3 Å². The summed E-state index contributed by atoms with van der Waals surface area (Å²) in [6, 6.07) is 5.27. The summed E-state index contributed by atoms with van der Waals surface area (Å²) in [4.78, 5) is 1.17. The molecule has 0 aliphatic carbocycles. The molecule has 20 heavy (non-hydrogen) atoms. The minimum atomic E-state index is -0.145. The number of nitrogens with one attached hydrogen (secondary N) is 1. The fraction of sp³-hybridized carbons (Fsp3) is 0.500. The third kappa shape index (κ3) is 3.57. The molecule has 0 fully saturated rings. The zero-order valence-electron chi connectivity index (χ0n) is 12.2. The van der Waals surface area contributed by atoms with Gasteiger partial charge in [0.25, 0.3) is 0 Å². The molecule has 110 valence electrons. The Hall–Kier alpha value is -0.970. The van der Waals surface area contributed by atoms with E-state index in [0.29, 0.717) is 6.61 Å². The fourth-order valence-corrected chi connectivity index (χ4v) is 3.54. The van der Waals surface area contributed by atoms with E-state index < -0.39 is 0 Å². The van der Waals surface area contributed by atoms with Crippen molar-refractivity contribution in [3.05, 3.63) is 34.5 Å². The molecule has 2 rings (SSSR count). The van der Waals surface area contributed by atoms with Gasteiger partial charge in [0.15, 0.2) is 0 Å². The van der Waals surface area contributed by atoms with Gasteiger partial charge in [0.2, 0.25) is 0 Å². The maximum atomic E-state index is 14.1. The highest BCUT2D eigenvalue weighted by Crippen LogP contribution is 2.33. The predicted octanol–water partition coefficient (Wildman–Crippen LogP) is 4.47. The van der Waals surface area contributed by atoms with Crippen LogP contribution in [-0.2, 0) is 17.9 Å². The van der Waals surface area contributed by atoms with E-state index in [9.17, 15) is 4.39 Å². The SMILES string of the molecule is CCCCCOCc1c(CNC)sc2cccc(F)c12. The number of hydrogen-bond acceptors (Lipinski definition) is 3. The topological polar surface area (TPSA) is 21.3 Å². The number of ether oxygens (including phenoxy) is 1. The van der Waals surface area contributed by atoms with Crippen LogP contribution in [0.15, 0.2) is 18.2 Å². The molecule has 1 aromatic heterocycles. The van der Waals surface area contributed by atoms with Crippen molar-refractivity contribution >= 4 is 21.4 Å². The summed E-state index contributed by atoms with van der Waals surface area (Å²) >= 11 is 1.65. The molecule has 0 bridgehead atoms. The second-order valence-electron chi connectivity index (χ2n) is 4.91. The molecular weight excluding hydrogens is 273 g/mol. The molecule has 1 aromatic carbocycles. The maximum Gasteiger partial charge on any atom is 0.132 e. The van der Waals surface area contributed by atoms with Gasteiger partial charge in [-0.15, -0.1) is 11.3 Å². The van der Waals surface area contributed by atoms with Gasteiger partial charge in [-0.1, -0.05) is 25.8 Å². The van der Waals surface area contributed by atoms with E-state index in [0.717, 1.165) is 35.2 Å². The molecule has 0 unspecified atom stereocenters. The number of benzene rings is 1. The third-order valence-electron chi connectivity index (χ3n) is 3.32. The van der Waals surface area contributed by atoms with Crippen molar-refractivity contribution in [1.82, 2.24) is 5.32 Å². The van der Waals surface area contributed by atoms with Gasteiger partial charge in [-0.25, -0.2) is 4.39 Å². The van der Waals surface area contributed by atoms with Crippen molar-refractivity contribution in [2.24, 2.45) is 0 Å². The van der Waals surface area contributed by atoms with Gasteiger partial charge in [-0.3, -0.25) is 0 Å². The molecule has 0 radical (unpaired) electrons. The van der Waals surface area contributed by atoms with Crippen LogP contribution in [0.2, 0.25) is 0 Å². The Morgan fingerprint density at radius 2 is 2.15 bits per heavy atom. The second-order valence-corrected chi connectivity index (χ2v) is 6.04. The lowest BCUT2D eigenvalue weighted by Gasteiger charge is -2.06. The zero-order chi connectivity index (χ0) is 14.4. The van der Waals surface area contributed by atoms with Crippen LogP contribution in [0.4, 0.5) is 4.39 Å². The molecule has 0 atom stereocenters. The molecule has 0 aliphatic rings. The Labute approximate surface area is 124 Å². The standard InChI is InChI=1S/C16H22FNOS/c1-3-4-5-9-19-11-12-15(10-18-2)20-14-8-6-7-13(17)16(12)14/h6-8,18H,3-5,9-11H2,1-2H3. The molecule has 1 N–H and O–H groups in total. The number of thiophene rings is 1. The van der Waals surface area contributed by atoms with Crippen molar-refractivity contribution in [3.63, 3.8) is 0 Å². The largest absolute Gasteiger partial charge is 0.377 e. The van der Waals surface area contributed by atoms with E-state index in [1.165, 1.54) is 23.8 Å². The Kier molecular flexibility index (Phi) is 5.95. The van der Waals surface area contributed by atoms with E-state index >= 15 is 0 Å². The van der Waals surface area contributed by atoms with E-state index in [1.54, 1.807) is 17.4 Å². The number of halogens is 1. The van der Waals surface area contributed by atoms with E-state index in [1.807, 2.05) is 13.1 Å². The van der Waals surface area contributed by atoms with Crippen LogP contribution < -0.4 is 5.32 Å². The van der Waals surface area contributed by atoms with Crippen molar-refractivity contribution in [2.45, 2.75) is 39.3 Å². The Bertz CT molecular complexity index is 553. The molecule has 0 spiro atoms. The van der Waals surface area contributed by atoms with Gasteiger partial charge < -0.3 is 10.1 Å². The monoisotopic (exact) mass is 295 g/mol. The summed E-state index contributed by atoms with van der Waals surface area (Å²) in [6.07, 6.45) is 3.44. The van der Waals surface area contributed by atoms with Gasteiger partial charge >= 0.3 is 0 Å². The number of fused-ring (bicyclic) bond motifs is 1. The van der Waals surface area contributed by atoms with Gasteiger partial charge in [-0.2, -0.15) is 0 Å². The van der Waals surface area contributed by atoms with E-state index in [4.69, 9.17) is 4.74 Å². The molecule has 0 aliphatic heterocycles. The summed E-state index contributed by atoms with van der Waals surface area (Å²) in [7, 11) is 1.91. The highest BCUT2D eigenvalue weighted by atomic mass is 32.1. The van der Waals surface area contributed by atoms with Crippen LogP contribution in [-0.4, -0.2) is 13.7 Å². The van der Waals surface area contributed by atoms with Gasteiger partial charge in [0.05, 0.1) is 6.61 Å². The molecular formula is C16H22FNOS. The lowest BCUT2D eigenvalue weighted by Crippen LogP contribution is -2.06. The highest BCUT2D eigenvalue weighted by molar-refractivity contribution is 7.19. The molecule has 2 aromatic rings. The first kappa shape index (κ1) is 15.4. The Morgan fingerprint density at radius 1 is 1.30 bits per heavy atom. The minimum Gasteiger partial charge on any atom is -0.377 e. The normalized spacial score (nSPS) is 11.3. The second kappa shape index (κ2) is 7.72. The van der Waals surface area contributed by atoms with Crippen molar-refractivity contribution in [2.75, 3.05) is 13.7 Å². The molecule has 1 heterocycles. The van der Waals surface area contributed by atoms with Gasteiger partial charge in [-0.05, 0) is 25.6 Å². The quantitative estimate of drug-likeness (QED) is 0.726. The molecule has 0 saturated carbocycles. The smallest absolute Gasteiger partial charge is 0.132 e. The van der Waals surface area contributed by atoms with Gasteiger partial charge in [0.1, 0.15) is 5.82 Å². The molecule has 4 heteroatoms. The third-order valence-corrected chi connectivity index (χ3v) is 4.52. The average Bonchev–Trinajstić information content (AvgIpc) is 2.78. The zero-order valence-corrected chi connectivity index (χ0v) is 13.0. The van der Waals surface area contributed by atoms with Crippen LogP contribution in [0.3, 0.4) is 0 Å². The summed E-state index contributed by atoms with van der Waals surface area (Å²) < 4.78 is 20.8.